The Morgan fingerprint density at radius 1 is 0.438 bits per heavy atom. The van der Waals surface area contributed by atoms with Crippen molar-refractivity contribution in [2.75, 3.05) is 0 Å². The number of aryl methyl sites for hydroxylation is 8. The molecule has 0 radical (unpaired) electrons. The van der Waals surface area contributed by atoms with Crippen LogP contribution < -0.4 is 0 Å². The van der Waals surface area contributed by atoms with Crippen molar-refractivity contribution < 1.29 is 0 Å². The summed E-state index contributed by atoms with van der Waals surface area (Å²) in [6.07, 6.45) is 12.7. The van der Waals surface area contributed by atoms with Gasteiger partial charge in [0.1, 0.15) is 0 Å². The van der Waals surface area contributed by atoms with Crippen molar-refractivity contribution in [2.45, 2.75) is 132 Å². The Labute approximate surface area is 385 Å². The zero-order valence-electron chi connectivity index (χ0n) is 40.4. The van der Waals surface area contributed by atoms with E-state index in [2.05, 4.69) is 183 Å². The van der Waals surface area contributed by atoms with Gasteiger partial charge in [-0.25, -0.2) is 0 Å². The first-order valence-corrected chi connectivity index (χ1v) is 24.0. The first-order valence-electron chi connectivity index (χ1n) is 24.0. The van der Waals surface area contributed by atoms with E-state index in [1.54, 1.807) is 27.8 Å². The molecule has 1 nitrogen and oxygen atoms in total. The van der Waals surface area contributed by atoms with Crippen LogP contribution in [0.4, 0.5) is 0 Å². The van der Waals surface area contributed by atoms with Gasteiger partial charge in [-0.3, -0.25) is 4.98 Å². The normalized spacial score (nSPS) is 15.8. The van der Waals surface area contributed by atoms with Crippen LogP contribution in [0.1, 0.15) is 133 Å². The molecule has 2 unspecified atom stereocenters. The monoisotopic (exact) mass is 840 g/mol. The van der Waals surface area contributed by atoms with Crippen molar-refractivity contribution >= 4 is 21.7 Å². The highest BCUT2D eigenvalue weighted by Crippen LogP contribution is 2.54. The minimum atomic E-state index is 0.916. The number of aromatic nitrogens is 1. The molecule has 64 heavy (non-hydrogen) atoms. The third-order valence-corrected chi connectivity index (χ3v) is 15.4. The Kier molecular flexibility index (Phi) is 13.7. The number of pyridine rings is 1. The molecule has 0 N–H and O–H groups in total. The van der Waals surface area contributed by atoms with Crippen molar-refractivity contribution in [1.29, 1.82) is 0 Å². The van der Waals surface area contributed by atoms with Crippen molar-refractivity contribution in [1.82, 2.24) is 4.98 Å². The second kappa shape index (κ2) is 19.5. The Bertz CT molecular complexity index is 2880. The molecule has 0 saturated heterocycles. The van der Waals surface area contributed by atoms with Crippen LogP contribution in [0.2, 0.25) is 0 Å². The Morgan fingerprint density at radius 2 is 1.03 bits per heavy atom. The van der Waals surface area contributed by atoms with Crippen molar-refractivity contribution in [3.05, 3.63) is 217 Å². The zero-order valence-corrected chi connectivity index (χ0v) is 40.4. The van der Waals surface area contributed by atoms with Crippen LogP contribution in [-0.2, 0) is 19.3 Å². The van der Waals surface area contributed by atoms with E-state index in [1.165, 1.54) is 133 Å². The predicted octanol–water partition coefficient (Wildman–Crippen LogP) is 17.0. The molecule has 4 aliphatic carbocycles. The molecule has 8 aromatic rings. The summed E-state index contributed by atoms with van der Waals surface area (Å²) >= 11 is 0. The lowest BCUT2D eigenvalue weighted by Crippen LogP contribution is -2.05. The van der Waals surface area contributed by atoms with Crippen LogP contribution in [0.5, 0.6) is 0 Å². The molecule has 4 aliphatic rings. The molecular formula is C63H69N. The Balaban J connectivity index is 0.000000110. The van der Waals surface area contributed by atoms with Gasteiger partial charge in [0, 0.05) is 11.6 Å². The number of hydrogen-bond donors (Lipinski definition) is 0. The van der Waals surface area contributed by atoms with Gasteiger partial charge in [-0.05, 0) is 249 Å². The van der Waals surface area contributed by atoms with E-state index in [-0.39, 0.29) is 0 Å². The zero-order chi connectivity index (χ0) is 45.1. The molecule has 0 aliphatic heterocycles. The Morgan fingerprint density at radius 3 is 1.84 bits per heavy atom. The first-order chi connectivity index (χ1) is 30.9. The highest BCUT2D eigenvalue weighted by atomic mass is 14.6. The smallest absolute Gasteiger partial charge is 0.0704 e. The molecular weight excluding hydrogens is 771 g/mol. The number of fused-ring (bicyclic) bond motifs is 11. The molecule has 2 bridgehead atoms. The molecule has 1 fully saturated rings. The highest BCUT2D eigenvalue weighted by molar-refractivity contribution is 5.86. The maximum atomic E-state index is 4.34. The lowest BCUT2D eigenvalue weighted by molar-refractivity contribution is 0.681. The van der Waals surface area contributed by atoms with Crippen molar-refractivity contribution in [3.8, 4) is 11.1 Å². The molecule has 1 heteroatoms. The van der Waals surface area contributed by atoms with Gasteiger partial charge < -0.3 is 0 Å². The van der Waals surface area contributed by atoms with Gasteiger partial charge in [0.25, 0.3) is 0 Å². The standard InChI is InChI=1S/C15H14.C13H16.C12H16.C12H12.C11H11N/c1-10-7-8-13-9-12-5-3-4-6-14(12)15(13)11(10)2;1-8-3-6-12-10-4-5-11(7-10)13(12)9(8)2;2*1-9-7-8-11-5-3-4-6-12(11)10(9)2;1-8-7-12-11-6-4-3-5-10(11)9(8)2/h3-8H,9H2,1-2H3;3,6,10-11H,4-5,7H2,1-2H3;7-8H,3-6H2,1-2H3;3-8H,1-2H3;3-7H,1-2H3. The van der Waals surface area contributed by atoms with Crippen LogP contribution in [0.25, 0.3) is 32.8 Å². The minimum Gasteiger partial charge on any atom is -0.256 e. The SMILES string of the molecule is Cc1ccc2c(c1C)-c1ccccc1C2.Cc1ccc2c(c1C)C1CCC2C1.Cc1ccc2c(c1C)CCCC2.Cc1ccc2ccccc2c1C.Cc1cnc2ccccc2c1C. The summed E-state index contributed by atoms with van der Waals surface area (Å²) < 4.78 is 0. The van der Waals surface area contributed by atoms with Crippen LogP contribution in [0.15, 0.2) is 128 Å². The maximum absolute atomic E-state index is 4.34. The number of benzene rings is 7. The van der Waals surface area contributed by atoms with Gasteiger partial charge in [0.05, 0.1) is 5.52 Å². The van der Waals surface area contributed by atoms with E-state index in [9.17, 15) is 0 Å². The number of rotatable bonds is 0. The summed E-state index contributed by atoms with van der Waals surface area (Å²) in [5.74, 6) is 1.83. The van der Waals surface area contributed by atoms with Crippen molar-refractivity contribution in [2.24, 2.45) is 0 Å². The topological polar surface area (TPSA) is 12.9 Å². The summed E-state index contributed by atoms with van der Waals surface area (Å²) in [6, 6.07) is 43.6. The largest absolute Gasteiger partial charge is 0.256 e. The number of nitrogens with zero attached hydrogens (tertiary/aromatic N) is 1. The van der Waals surface area contributed by atoms with Gasteiger partial charge in [-0.1, -0.05) is 115 Å². The van der Waals surface area contributed by atoms with E-state index < -0.39 is 0 Å². The number of hydrogen-bond acceptors (Lipinski definition) is 1. The summed E-state index contributed by atoms with van der Waals surface area (Å²) in [6.45, 7) is 22.0. The summed E-state index contributed by atoms with van der Waals surface area (Å²) in [7, 11) is 0. The lowest BCUT2D eigenvalue weighted by atomic mass is 9.87. The summed E-state index contributed by atoms with van der Waals surface area (Å²) in [4.78, 5) is 4.34. The summed E-state index contributed by atoms with van der Waals surface area (Å²) in [5, 5.41) is 3.97. The molecule has 0 amide bonds. The van der Waals surface area contributed by atoms with E-state index in [1.807, 2.05) is 18.3 Å². The van der Waals surface area contributed by atoms with Gasteiger partial charge in [0.2, 0.25) is 0 Å². The molecule has 2 atom stereocenters. The fourth-order valence-electron chi connectivity index (χ4n) is 10.8. The maximum Gasteiger partial charge on any atom is 0.0704 e. The molecule has 326 valence electrons. The molecule has 7 aromatic carbocycles. The highest BCUT2D eigenvalue weighted by Gasteiger charge is 2.37. The van der Waals surface area contributed by atoms with E-state index >= 15 is 0 Å². The van der Waals surface area contributed by atoms with Gasteiger partial charge >= 0.3 is 0 Å². The number of para-hydroxylation sites is 1. The van der Waals surface area contributed by atoms with Crippen LogP contribution in [-0.4, -0.2) is 4.98 Å². The Hall–Kier alpha value is -5.79. The van der Waals surface area contributed by atoms with E-state index in [0.717, 1.165) is 23.8 Å². The third-order valence-electron chi connectivity index (χ3n) is 15.4. The minimum absolute atomic E-state index is 0.916. The molecule has 1 aromatic heterocycles. The second-order valence-corrected chi connectivity index (χ2v) is 19.3. The van der Waals surface area contributed by atoms with Crippen molar-refractivity contribution in [3.63, 3.8) is 0 Å². The fraction of sp³-hybridized carbons (Fsp3) is 0.317. The lowest BCUT2D eigenvalue weighted by Gasteiger charge is -2.19. The quantitative estimate of drug-likeness (QED) is 0.148. The third kappa shape index (κ3) is 9.23. The van der Waals surface area contributed by atoms with Gasteiger partial charge in [-0.2, -0.15) is 0 Å². The van der Waals surface area contributed by atoms with E-state index in [0.29, 0.717) is 0 Å². The second-order valence-electron chi connectivity index (χ2n) is 19.3. The molecule has 12 rings (SSSR count). The molecule has 1 saturated carbocycles. The first kappa shape index (κ1) is 44.8. The average Bonchev–Trinajstić information content (AvgIpc) is 4.06. The van der Waals surface area contributed by atoms with E-state index in [4.69, 9.17) is 0 Å². The van der Waals surface area contributed by atoms with Crippen LogP contribution >= 0.6 is 0 Å². The fourth-order valence-corrected chi connectivity index (χ4v) is 10.8. The average molecular weight is 840 g/mol. The summed E-state index contributed by atoms with van der Waals surface area (Å²) in [5.41, 5.74) is 27.8. The van der Waals surface area contributed by atoms with Crippen LogP contribution in [0.3, 0.4) is 0 Å². The molecule has 0 spiro atoms. The van der Waals surface area contributed by atoms with Gasteiger partial charge in [0.15, 0.2) is 0 Å². The van der Waals surface area contributed by atoms with Gasteiger partial charge in [-0.15, -0.1) is 0 Å². The van der Waals surface area contributed by atoms with Crippen LogP contribution in [0, 0.1) is 69.2 Å². The predicted molar refractivity (Wildman–Crippen MR) is 277 cm³/mol. The molecule has 1 heterocycles.